The van der Waals surface area contributed by atoms with E-state index in [9.17, 15) is 4.79 Å². The van der Waals surface area contributed by atoms with Gasteiger partial charge in [0, 0.05) is 35.9 Å². The average Bonchev–Trinajstić information content (AvgIpc) is 2.59. The molecule has 0 saturated heterocycles. The fourth-order valence-corrected chi connectivity index (χ4v) is 3.25. The van der Waals surface area contributed by atoms with Crippen molar-refractivity contribution in [1.82, 2.24) is 4.98 Å². The Morgan fingerprint density at radius 1 is 1.17 bits per heavy atom. The van der Waals surface area contributed by atoms with Crippen LogP contribution in [0.5, 0.6) is 17.2 Å². The van der Waals surface area contributed by atoms with Crippen LogP contribution in [0.25, 0.3) is 0 Å². The lowest BCUT2D eigenvalue weighted by molar-refractivity contribution is -0.116. The van der Waals surface area contributed by atoms with Crippen LogP contribution in [0.3, 0.4) is 0 Å². The maximum atomic E-state index is 12.2. The number of amides is 1. The summed E-state index contributed by atoms with van der Waals surface area (Å²) in [4.78, 5) is 16.6. The number of nitrogens with zero attached hydrogens (tertiary/aromatic N) is 1. The highest BCUT2D eigenvalue weighted by atomic mass is 16.5. The summed E-state index contributed by atoms with van der Waals surface area (Å²) in [5.74, 6) is 1.39. The molecule has 0 saturated carbocycles. The van der Waals surface area contributed by atoms with Gasteiger partial charge in [-0.2, -0.15) is 0 Å². The van der Waals surface area contributed by atoms with Gasteiger partial charge in [0.25, 0.3) is 0 Å². The first-order chi connectivity index (χ1) is 11.6. The molecule has 1 atom stereocenters. The molecule has 1 amide bonds. The normalized spacial score (nSPS) is 16.2. The van der Waals surface area contributed by atoms with E-state index in [1.807, 2.05) is 19.1 Å². The summed E-state index contributed by atoms with van der Waals surface area (Å²) < 4.78 is 16.5. The molecule has 1 N–H and O–H groups in total. The highest BCUT2D eigenvalue weighted by molar-refractivity contribution is 5.97. The summed E-state index contributed by atoms with van der Waals surface area (Å²) in [5, 5.41) is 2.90. The second kappa shape index (κ2) is 6.39. The number of benzene rings is 1. The summed E-state index contributed by atoms with van der Waals surface area (Å²) in [6.45, 7) is 1.94. The smallest absolute Gasteiger partial charge is 0.225 e. The third kappa shape index (κ3) is 2.54. The molecule has 0 radical (unpaired) electrons. The van der Waals surface area contributed by atoms with Crippen molar-refractivity contribution in [2.75, 3.05) is 26.6 Å². The number of aromatic nitrogens is 1. The van der Waals surface area contributed by atoms with Crippen LogP contribution in [0, 0.1) is 6.92 Å². The lowest BCUT2D eigenvalue weighted by Gasteiger charge is -2.30. The zero-order valence-corrected chi connectivity index (χ0v) is 14.2. The first kappa shape index (κ1) is 16.1. The van der Waals surface area contributed by atoms with Gasteiger partial charge in [0.2, 0.25) is 11.7 Å². The number of rotatable bonds is 4. The van der Waals surface area contributed by atoms with Gasteiger partial charge in [-0.3, -0.25) is 9.78 Å². The molecule has 0 bridgehead atoms. The molecule has 2 aromatic rings. The predicted octanol–water partition coefficient (Wildman–Crippen LogP) is 2.89. The van der Waals surface area contributed by atoms with E-state index in [0.29, 0.717) is 29.4 Å². The number of hydrogen-bond acceptors (Lipinski definition) is 5. The number of ether oxygens (including phenoxy) is 3. The number of carbonyl (C=O) groups is 1. The van der Waals surface area contributed by atoms with E-state index < -0.39 is 0 Å². The minimum atomic E-state index is -0.155. The molecule has 3 rings (SSSR count). The van der Waals surface area contributed by atoms with Crippen molar-refractivity contribution in [1.29, 1.82) is 0 Å². The molecule has 0 fully saturated rings. The van der Waals surface area contributed by atoms with Crippen molar-refractivity contribution >= 4 is 11.6 Å². The summed E-state index contributed by atoms with van der Waals surface area (Å²) in [6.07, 6.45) is 2.07. The van der Waals surface area contributed by atoms with Gasteiger partial charge in [-0.25, -0.2) is 0 Å². The van der Waals surface area contributed by atoms with E-state index in [1.54, 1.807) is 33.6 Å². The number of anilines is 1. The fourth-order valence-electron chi connectivity index (χ4n) is 3.25. The maximum Gasteiger partial charge on any atom is 0.225 e. The summed E-state index contributed by atoms with van der Waals surface area (Å²) >= 11 is 0. The summed E-state index contributed by atoms with van der Waals surface area (Å²) in [6, 6.07) is 5.64. The predicted molar refractivity (Wildman–Crippen MR) is 90.2 cm³/mol. The third-order valence-electron chi connectivity index (χ3n) is 4.30. The van der Waals surface area contributed by atoms with Crippen LogP contribution < -0.4 is 19.5 Å². The van der Waals surface area contributed by atoms with E-state index in [0.717, 1.165) is 16.8 Å². The van der Waals surface area contributed by atoms with Crippen LogP contribution >= 0.6 is 0 Å². The summed E-state index contributed by atoms with van der Waals surface area (Å²) in [7, 11) is 4.71. The van der Waals surface area contributed by atoms with Crippen molar-refractivity contribution < 1.29 is 19.0 Å². The van der Waals surface area contributed by atoms with E-state index in [-0.39, 0.29) is 11.8 Å². The number of methoxy groups -OCH3 is 3. The monoisotopic (exact) mass is 328 g/mol. The Morgan fingerprint density at radius 2 is 1.92 bits per heavy atom. The van der Waals surface area contributed by atoms with Crippen molar-refractivity contribution in [3.63, 3.8) is 0 Å². The summed E-state index contributed by atoms with van der Waals surface area (Å²) in [5.41, 5.74) is 3.44. The van der Waals surface area contributed by atoms with Crippen molar-refractivity contribution in [2.45, 2.75) is 19.3 Å². The van der Waals surface area contributed by atoms with Crippen LogP contribution in [-0.2, 0) is 4.79 Å². The average molecular weight is 328 g/mol. The van der Waals surface area contributed by atoms with Crippen molar-refractivity contribution in [3.05, 3.63) is 41.2 Å². The molecular weight excluding hydrogens is 308 g/mol. The zero-order valence-electron chi connectivity index (χ0n) is 14.2. The Hall–Kier alpha value is -2.76. The molecule has 0 aliphatic carbocycles. The number of hydrogen-bond donors (Lipinski definition) is 1. The number of nitrogens with one attached hydrogen (secondary N) is 1. The van der Waals surface area contributed by atoms with Gasteiger partial charge in [-0.05, 0) is 18.6 Å². The zero-order chi connectivity index (χ0) is 17.3. The minimum Gasteiger partial charge on any atom is -0.493 e. The molecule has 126 valence electrons. The molecule has 1 unspecified atom stereocenters. The van der Waals surface area contributed by atoms with Gasteiger partial charge >= 0.3 is 0 Å². The van der Waals surface area contributed by atoms with Gasteiger partial charge in [0.15, 0.2) is 11.5 Å². The Morgan fingerprint density at radius 3 is 2.54 bits per heavy atom. The molecule has 0 spiro atoms. The van der Waals surface area contributed by atoms with E-state index >= 15 is 0 Å². The van der Waals surface area contributed by atoms with E-state index in [2.05, 4.69) is 10.3 Å². The van der Waals surface area contributed by atoms with Crippen LogP contribution in [0.2, 0.25) is 0 Å². The van der Waals surface area contributed by atoms with Gasteiger partial charge in [-0.1, -0.05) is 6.07 Å². The van der Waals surface area contributed by atoms with Crippen LogP contribution in [0.1, 0.15) is 29.2 Å². The molecule has 1 aliphatic rings. The van der Waals surface area contributed by atoms with Gasteiger partial charge in [0.05, 0.1) is 27.0 Å². The van der Waals surface area contributed by atoms with Gasteiger partial charge < -0.3 is 19.5 Å². The molecule has 6 nitrogen and oxygen atoms in total. The lowest BCUT2D eigenvalue weighted by Crippen LogP contribution is -2.25. The minimum absolute atomic E-state index is 0.0509. The van der Waals surface area contributed by atoms with Crippen LogP contribution in [-0.4, -0.2) is 32.2 Å². The second-order valence-electron chi connectivity index (χ2n) is 5.59. The quantitative estimate of drug-likeness (QED) is 0.934. The molecule has 1 aromatic heterocycles. The topological polar surface area (TPSA) is 69.7 Å². The molecule has 1 aromatic carbocycles. The number of aryl methyl sites for hydroxylation is 1. The second-order valence-corrected chi connectivity index (χ2v) is 5.59. The Bertz CT molecular complexity index is 789. The third-order valence-corrected chi connectivity index (χ3v) is 4.30. The van der Waals surface area contributed by atoms with Crippen molar-refractivity contribution in [2.24, 2.45) is 0 Å². The highest BCUT2D eigenvalue weighted by Crippen LogP contribution is 2.51. The number of pyridine rings is 1. The maximum absolute atomic E-state index is 12.2. The van der Waals surface area contributed by atoms with E-state index in [4.69, 9.17) is 14.2 Å². The first-order valence-electron chi connectivity index (χ1n) is 7.64. The SMILES string of the molecule is COc1cc2c(c(OC)c1OC)C(c1cccnc1C)CC(=O)N2. The number of carbonyl (C=O) groups excluding carboxylic acids is 1. The standard InChI is InChI=1S/C18H20N2O4/c1-10-11(6-5-7-19-10)12-8-15(21)20-13-9-14(22-2)17(23-3)18(24-4)16(12)13/h5-7,9,12H,8H2,1-4H3,(H,20,21). The molecule has 2 heterocycles. The van der Waals surface area contributed by atoms with Gasteiger partial charge in [-0.15, -0.1) is 0 Å². The molecule has 1 aliphatic heterocycles. The number of fused-ring (bicyclic) bond motifs is 1. The first-order valence-corrected chi connectivity index (χ1v) is 7.64. The van der Waals surface area contributed by atoms with Gasteiger partial charge in [0.1, 0.15) is 0 Å². The molecular formula is C18H20N2O4. The van der Waals surface area contributed by atoms with E-state index in [1.165, 1.54) is 0 Å². The molecule has 6 heteroatoms. The largest absolute Gasteiger partial charge is 0.493 e. The Labute approximate surface area is 140 Å². The fraction of sp³-hybridized carbons (Fsp3) is 0.333. The van der Waals surface area contributed by atoms with Crippen molar-refractivity contribution in [3.8, 4) is 17.2 Å². The molecule has 24 heavy (non-hydrogen) atoms. The van der Waals surface area contributed by atoms with Crippen LogP contribution in [0.15, 0.2) is 24.4 Å². The Balaban J connectivity index is 2.28. The Kier molecular flexibility index (Phi) is 4.29. The van der Waals surface area contributed by atoms with Crippen LogP contribution in [0.4, 0.5) is 5.69 Å². The highest BCUT2D eigenvalue weighted by Gasteiger charge is 2.34. The lowest BCUT2D eigenvalue weighted by atomic mass is 9.83.